The second-order valence-corrected chi connectivity index (χ2v) is 10.7. The van der Waals surface area contributed by atoms with Gasteiger partial charge in [-0.3, -0.25) is 14.2 Å². The van der Waals surface area contributed by atoms with Crippen LogP contribution in [0.5, 0.6) is 0 Å². The van der Waals surface area contributed by atoms with Gasteiger partial charge in [0.25, 0.3) is 0 Å². The molecule has 2 aliphatic heterocycles. The Kier molecular flexibility index (Phi) is 5.97. The molecule has 5 rings (SSSR count). The highest BCUT2D eigenvalue weighted by molar-refractivity contribution is 7.89. The summed E-state index contributed by atoms with van der Waals surface area (Å²) in [6, 6.07) is 13.7. The molecule has 0 N–H and O–H groups in total. The number of benzene rings is 2. The van der Waals surface area contributed by atoms with Gasteiger partial charge in [0.15, 0.2) is 5.58 Å². The summed E-state index contributed by atoms with van der Waals surface area (Å²) >= 11 is 0. The van der Waals surface area contributed by atoms with Crippen molar-refractivity contribution in [1.29, 1.82) is 0 Å². The van der Waals surface area contributed by atoms with Crippen molar-refractivity contribution in [2.75, 3.05) is 37.6 Å². The first-order valence-corrected chi connectivity index (χ1v) is 13.0. The Morgan fingerprint density at radius 1 is 1.03 bits per heavy atom. The topological polar surface area (TPSA) is 113 Å². The van der Waals surface area contributed by atoms with Gasteiger partial charge in [-0.2, -0.15) is 4.31 Å². The molecule has 3 heterocycles. The number of anilines is 1. The Morgan fingerprint density at radius 3 is 2.43 bits per heavy atom. The van der Waals surface area contributed by atoms with Crippen molar-refractivity contribution in [2.45, 2.75) is 24.8 Å². The number of carbonyl (C=O) groups excluding carboxylic acids is 2. The van der Waals surface area contributed by atoms with Gasteiger partial charge in [0.2, 0.25) is 21.8 Å². The molecule has 0 unspecified atom stereocenters. The number of carbonyl (C=O) groups is 2. The van der Waals surface area contributed by atoms with Crippen LogP contribution < -0.4 is 10.7 Å². The number of fused-ring (bicyclic) bond motifs is 1. The lowest BCUT2D eigenvalue weighted by Crippen LogP contribution is -2.52. The van der Waals surface area contributed by atoms with E-state index in [9.17, 15) is 22.8 Å². The quantitative estimate of drug-likeness (QED) is 0.527. The minimum atomic E-state index is -3.82. The molecule has 3 aromatic rings. The third-order valence-electron chi connectivity index (χ3n) is 6.69. The van der Waals surface area contributed by atoms with Gasteiger partial charge >= 0.3 is 5.76 Å². The van der Waals surface area contributed by atoms with Crippen LogP contribution >= 0.6 is 0 Å². The van der Waals surface area contributed by atoms with E-state index in [0.29, 0.717) is 18.6 Å². The smallest absolute Gasteiger partial charge is 0.408 e. The van der Waals surface area contributed by atoms with Crippen molar-refractivity contribution in [3.63, 3.8) is 0 Å². The molecule has 1 aromatic heterocycles. The summed E-state index contributed by atoms with van der Waals surface area (Å²) in [6.45, 7) is 3.34. The van der Waals surface area contributed by atoms with Gasteiger partial charge in [-0.05, 0) is 31.2 Å². The van der Waals surface area contributed by atoms with Crippen LogP contribution in [-0.2, 0) is 26.2 Å². The number of para-hydroxylation sites is 1. The molecule has 2 aliphatic rings. The Balaban J connectivity index is 1.25. The standard InChI is InChI=1S/C24H26N4O6S/c1-2-27-20-9-8-19(15-21(20)34-24(27)31)35(32,33)26-12-10-25(11-13-26)23(30)17-14-22(29)28(16-17)18-6-4-3-5-7-18/h3-9,15,17H,2,10-14,16H2,1H3/t17-/m1/s1. The molecule has 0 saturated carbocycles. The lowest BCUT2D eigenvalue weighted by Gasteiger charge is -2.35. The Hall–Kier alpha value is -3.44. The van der Waals surface area contributed by atoms with Crippen LogP contribution in [0, 0.1) is 5.92 Å². The number of aryl methyl sites for hydroxylation is 1. The maximum atomic E-state index is 13.2. The molecule has 0 aliphatic carbocycles. The fraction of sp³-hybridized carbons (Fsp3) is 0.375. The van der Waals surface area contributed by atoms with Crippen LogP contribution in [0.2, 0.25) is 0 Å². The molecule has 1 atom stereocenters. The van der Waals surface area contributed by atoms with Crippen LogP contribution in [-0.4, -0.2) is 66.7 Å². The van der Waals surface area contributed by atoms with Gasteiger partial charge < -0.3 is 14.2 Å². The molecule has 184 valence electrons. The highest BCUT2D eigenvalue weighted by atomic mass is 32.2. The normalized spacial score (nSPS) is 19.6. The first-order valence-electron chi connectivity index (χ1n) is 11.6. The molecular formula is C24H26N4O6S. The summed E-state index contributed by atoms with van der Waals surface area (Å²) in [7, 11) is -3.82. The number of hydrogen-bond donors (Lipinski definition) is 0. The van der Waals surface area contributed by atoms with E-state index in [1.54, 1.807) is 15.9 Å². The Bertz CT molecular complexity index is 1440. The fourth-order valence-electron chi connectivity index (χ4n) is 4.79. The minimum Gasteiger partial charge on any atom is -0.408 e. The number of rotatable bonds is 5. The first-order chi connectivity index (χ1) is 16.8. The van der Waals surface area contributed by atoms with E-state index in [1.165, 1.54) is 21.0 Å². The average Bonchev–Trinajstić information content (AvgIpc) is 3.42. The average molecular weight is 499 g/mol. The molecule has 2 fully saturated rings. The van der Waals surface area contributed by atoms with Crippen LogP contribution in [0.25, 0.3) is 11.1 Å². The van der Waals surface area contributed by atoms with Crippen LogP contribution in [0.3, 0.4) is 0 Å². The predicted molar refractivity (Wildman–Crippen MR) is 128 cm³/mol. The fourth-order valence-corrected chi connectivity index (χ4v) is 6.23. The minimum absolute atomic E-state index is 0.0432. The molecule has 0 radical (unpaired) electrons. The van der Waals surface area contributed by atoms with Gasteiger partial charge in [0, 0.05) is 57.4 Å². The zero-order chi connectivity index (χ0) is 24.7. The summed E-state index contributed by atoms with van der Waals surface area (Å²) in [5, 5.41) is 0. The molecule has 2 aromatic carbocycles. The summed E-state index contributed by atoms with van der Waals surface area (Å²) in [5.41, 5.74) is 1.54. The zero-order valence-electron chi connectivity index (χ0n) is 19.3. The highest BCUT2D eigenvalue weighted by Gasteiger charge is 2.39. The molecule has 11 heteroatoms. The number of sulfonamides is 1. The van der Waals surface area contributed by atoms with Gasteiger partial charge in [-0.15, -0.1) is 0 Å². The predicted octanol–water partition coefficient (Wildman–Crippen LogP) is 1.50. The van der Waals surface area contributed by atoms with Crippen molar-refractivity contribution in [2.24, 2.45) is 5.92 Å². The van der Waals surface area contributed by atoms with E-state index in [-0.39, 0.29) is 54.9 Å². The number of nitrogens with zero attached hydrogens (tertiary/aromatic N) is 4. The number of hydrogen-bond acceptors (Lipinski definition) is 6. The highest BCUT2D eigenvalue weighted by Crippen LogP contribution is 2.27. The van der Waals surface area contributed by atoms with Crippen molar-refractivity contribution >= 4 is 38.6 Å². The van der Waals surface area contributed by atoms with Crippen LogP contribution in [0.15, 0.2) is 62.6 Å². The van der Waals surface area contributed by atoms with Gasteiger partial charge in [-0.25, -0.2) is 13.2 Å². The van der Waals surface area contributed by atoms with E-state index >= 15 is 0 Å². The first kappa shape index (κ1) is 23.3. The van der Waals surface area contributed by atoms with Crippen LogP contribution in [0.4, 0.5) is 5.69 Å². The Labute approximate surface area is 202 Å². The van der Waals surface area contributed by atoms with Crippen molar-refractivity contribution in [1.82, 2.24) is 13.8 Å². The second-order valence-electron chi connectivity index (χ2n) is 8.71. The van der Waals surface area contributed by atoms with E-state index < -0.39 is 21.7 Å². The molecular weight excluding hydrogens is 472 g/mol. The molecule has 0 bridgehead atoms. The number of oxazole rings is 1. The number of piperazine rings is 1. The summed E-state index contributed by atoms with van der Waals surface area (Å²) in [5.74, 6) is -1.19. The van der Waals surface area contributed by atoms with E-state index in [4.69, 9.17) is 4.42 Å². The van der Waals surface area contributed by atoms with E-state index in [1.807, 2.05) is 37.3 Å². The van der Waals surface area contributed by atoms with E-state index in [2.05, 4.69) is 0 Å². The maximum Gasteiger partial charge on any atom is 0.419 e. The lowest BCUT2D eigenvalue weighted by atomic mass is 10.1. The zero-order valence-corrected chi connectivity index (χ0v) is 20.1. The lowest BCUT2D eigenvalue weighted by molar-refractivity contribution is -0.136. The third kappa shape index (κ3) is 4.14. The Morgan fingerprint density at radius 2 is 1.74 bits per heavy atom. The SMILES string of the molecule is CCn1c(=O)oc2cc(S(=O)(=O)N3CCN(C(=O)[C@@H]4CC(=O)N(c5ccccc5)C4)CC3)ccc21. The van der Waals surface area contributed by atoms with Crippen molar-refractivity contribution < 1.29 is 22.4 Å². The molecule has 10 nitrogen and oxygen atoms in total. The maximum absolute atomic E-state index is 13.2. The number of amides is 2. The number of aromatic nitrogens is 1. The molecule has 35 heavy (non-hydrogen) atoms. The molecule has 2 saturated heterocycles. The van der Waals surface area contributed by atoms with Gasteiger partial charge in [-0.1, -0.05) is 18.2 Å². The summed E-state index contributed by atoms with van der Waals surface area (Å²) in [4.78, 5) is 40.8. The third-order valence-corrected chi connectivity index (χ3v) is 8.58. The molecule has 2 amide bonds. The second kappa shape index (κ2) is 8.97. The van der Waals surface area contributed by atoms with Gasteiger partial charge in [0.05, 0.1) is 16.3 Å². The summed E-state index contributed by atoms with van der Waals surface area (Å²) in [6.07, 6.45) is 0.148. The van der Waals surface area contributed by atoms with Crippen molar-refractivity contribution in [3.05, 3.63) is 59.1 Å². The van der Waals surface area contributed by atoms with Gasteiger partial charge in [0.1, 0.15) is 0 Å². The van der Waals surface area contributed by atoms with Crippen LogP contribution in [0.1, 0.15) is 13.3 Å². The largest absolute Gasteiger partial charge is 0.419 e. The monoisotopic (exact) mass is 498 g/mol. The van der Waals surface area contributed by atoms with E-state index in [0.717, 1.165) is 5.69 Å². The molecule has 0 spiro atoms. The summed E-state index contributed by atoms with van der Waals surface area (Å²) < 4.78 is 34.4. The van der Waals surface area contributed by atoms with Crippen molar-refractivity contribution in [3.8, 4) is 0 Å².